The van der Waals surface area contributed by atoms with E-state index in [4.69, 9.17) is 4.98 Å². The van der Waals surface area contributed by atoms with Gasteiger partial charge in [0.2, 0.25) is 0 Å². The summed E-state index contributed by atoms with van der Waals surface area (Å²) in [5.74, 6) is 0.703. The number of benzene rings is 1. The highest BCUT2D eigenvalue weighted by atomic mass is 32.1. The Labute approximate surface area is 128 Å². The van der Waals surface area contributed by atoms with E-state index < -0.39 is 0 Å². The Morgan fingerprint density at radius 3 is 2.90 bits per heavy atom. The molecule has 0 saturated carbocycles. The molecule has 0 unspecified atom stereocenters. The van der Waals surface area contributed by atoms with Gasteiger partial charge in [-0.2, -0.15) is 0 Å². The Bertz CT molecular complexity index is 769. The number of hydrogen-bond donors (Lipinski definition) is 0. The Hall–Kier alpha value is -1.88. The van der Waals surface area contributed by atoms with E-state index in [0.29, 0.717) is 5.92 Å². The van der Waals surface area contributed by atoms with Crippen molar-refractivity contribution < 1.29 is 0 Å². The molecule has 3 heterocycles. The number of hydrogen-bond acceptors (Lipinski definition) is 4. The Kier molecular flexibility index (Phi) is 2.96. The molecule has 0 spiro atoms. The summed E-state index contributed by atoms with van der Waals surface area (Å²) in [6.45, 7) is 7.54. The molecular weight excluding hydrogens is 280 g/mol. The maximum atomic E-state index is 4.83. The Balaban J connectivity index is 1.50. The molecule has 0 bridgehead atoms. The van der Waals surface area contributed by atoms with E-state index >= 15 is 0 Å². The summed E-state index contributed by atoms with van der Waals surface area (Å²) in [7, 11) is 0. The first-order valence-corrected chi connectivity index (χ1v) is 8.09. The van der Waals surface area contributed by atoms with Crippen LogP contribution in [0.3, 0.4) is 0 Å². The molecular formula is C16H18N4S. The molecule has 1 aliphatic rings. The highest BCUT2D eigenvalue weighted by molar-refractivity contribution is 7.22. The molecule has 108 valence electrons. The van der Waals surface area contributed by atoms with Crippen LogP contribution in [-0.4, -0.2) is 27.6 Å². The predicted octanol–water partition coefficient (Wildman–Crippen LogP) is 3.25. The van der Waals surface area contributed by atoms with Crippen molar-refractivity contribution >= 4 is 26.7 Å². The zero-order chi connectivity index (χ0) is 14.4. The zero-order valence-corrected chi connectivity index (χ0v) is 13.1. The molecule has 0 N–H and O–H groups in total. The van der Waals surface area contributed by atoms with Crippen LogP contribution in [0.2, 0.25) is 0 Å². The fourth-order valence-corrected chi connectivity index (χ4v) is 4.19. The maximum absolute atomic E-state index is 4.83. The molecule has 1 aliphatic heterocycles. The van der Waals surface area contributed by atoms with Crippen molar-refractivity contribution in [3.8, 4) is 0 Å². The lowest BCUT2D eigenvalue weighted by molar-refractivity contribution is 0.357. The first-order valence-electron chi connectivity index (χ1n) is 7.27. The van der Waals surface area contributed by atoms with E-state index in [2.05, 4.69) is 40.4 Å². The third-order valence-corrected chi connectivity index (χ3v) is 5.14. The molecule has 1 aromatic carbocycles. The quantitative estimate of drug-likeness (QED) is 0.744. The van der Waals surface area contributed by atoms with Gasteiger partial charge in [-0.3, -0.25) is 0 Å². The Morgan fingerprint density at radius 2 is 2.14 bits per heavy atom. The third kappa shape index (κ3) is 2.31. The normalized spacial score (nSPS) is 15.6. The van der Waals surface area contributed by atoms with Crippen molar-refractivity contribution in [2.75, 3.05) is 18.0 Å². The summed E-state index contributed by atoms with van der Waals surface area (Å²) >= 11 is 1.82. The molecule has 0 aliphatic carbocycles. The second kappa shape index (κ2) is 4.84. The van der Waals surface area contributed by atoms with Gasteiger partial charge in [0, 0.05) is 37.9 Å². The molecule has 1 fully saturated rings. The van der Waals surface area contributed by atoms with Crippen molar-refractivity contribution in [3.63, 3.8) is 0 Å². The van der Waals surface area contributed by atoms with Crippen molar-refractivity contribution in [2.45, 2.75) is 20.4 Å². The number of nitrogens with zero attached hydrogens (tertiary/aromatic N) is 4. The summed E-state index contributed by atoms with van der Waals surface area (Å²) in [6, 6.07) is 4.45. The van der Waals surface area contributed by atoms with Gasteiger partial charge in [-0.25, -0.2) is 9.97 Å². The van der Waals surface area contributed by atoms with E-state index in [1.54, 1.807) is 0 Å². The number of aryl methyl sites for hydroxylation is 2. The van der Waals surface area contributed by atoms with Gasteiger partial charge in [-0.15, -0.1) is 0 Å². The van der Waals surface area contributed by atoms with Crippen LogP contribution in [0, 0.1) is 19.8 Å². The van der Waals surface area contributed by atoms with Crippen molar-refractivity contribution in [3.05, 3.63) is 42.0 Å². The highest BCUT2D eigenvalue weighted by Crippen LogP contribution is 2.35. The summed E-state index contributed by atoms with van der Waals surface area (Å²) in [4.78, 5) is 11.3. The van der Waals surface area contributed by atoms with Gasteiger partial charge in [-0.05, 0) is 31.0 Å². The Morgan fingerprint density at radius 1 is 1.29 bits per heavy atom. The van der Waals surface area contributed by atoms with Crippen molar-refractivity contribution in [2.24, 2.45) is 5.92 Å². The number of imidazole rings is 1. The summed E-state index contributed by atoms with van der Waals surface area (Å²) in [5, 5.41) is 1.17. The minimum atomic E-state index is 0.703. The second-order valence-corrected chi connectivity index (χ2v) is 6.96. The molecule has 2 aromatic heterocycles. The standard InChI is InChI=1S/C16H18N4S/c1-11-5-12(2)15-14(6-11)21-16(18-15)20-8-13(9-20)7-19-4-3-17-10-19/h3-6,10,13H,7-9H2,1-2H3. The van der Waals surface area contributed by atoms with Gasteiger partial charge in [-0.1, -0.05) is 17.4 Å². The van der Waals surface area contributed by atoms with Gasteiger partial charge >= 0.3 is 0 Å². The zero-order valence-electron chi connectivity index (χ0n) is 12.3. The molecule has 4 nitrogen and oxygen atoms in total. The van der Waals surface area contributed by atoms with Gasteiger partial charge in [0.05, 0.1) is 16.5 Å². The largest absolute Gasteiger partial charge is 0.347 e. The van der Waals surface area contributed by atoms with Crippen LogP contribution < -0.4 is 4.90 Å². The lowest BCUT2D eigenvalue weighted by atomic mass is 10.0. The van der Waals surface area contributed by atoms with E-state index in [1.807, 2.05) is 30.1 Å². The van der Waals surface area contributed by atoms with Crippen molar-refractivity contribution in [1.29, 1.82) is 0 Å². The van der Waals surface area contributed by atoms with Crippen LogP contribution in [-0.2, 0) is 6.54 Å². The minimum Gasteiger partial charge on any atom is -0.347 e. The van der Waals surface area contributed by atoms with Gasteiger partial charge in [0.25, 0.3) is 0 Å². The average Bonchev–Trinajstić information content (AvgIpc) is 3.01. The third-order valence-electron chi connectivity index (χ3n) is 4.07. The van der Waals surface area contributed by atoms with Crippen LogP contribution >= 0.6 is 11.3 Å². The number of rotatable bonds is 3. The molecule has 1 saturated heterocycles. The van der Waals surface area contributed by atoms with Gasteiger partial charge in [0.1, 0.15) is 0 Å². The van der Waals surface area contributed by atoms with E-state index in [-0.39, 0.29) is 0 Å². The summed E-state index contributed by atoms with van der Waals surface area (Å²) < 4.78 is 3.47. The average molecular weight is 298 g/mol. The van der Waals surface area contributed by atoms with E-state index in [1.165, 1.54) is 26.5 Å². The predicted molar refractivity (Wildman–Crippen MR) is 87.0 cm³/mol. The number of thiazole rings is 1. The smallest absolute Gasteiger partial charge is 0.186 e. The van der Waals surface area contributed by atoms with Crippen LogP contribution in [0.4, 0.5) is 5.13 Å². The number of fused-ring (bicyclic) bond motifs is 1. The van der Waals surface area contributed by atoms with Gasteiger partial charge < -0.3 is 9.47 Å². The first-order chi connectivity index (χ1) is 10.2. The van der Waals surface area contributed by atoms with E-state index in [0.717, 1.165) is 19.6 Å². The number of anilines is 1. The maximum Gasteiger partial charge on any atom is 0.186 e. The van der Waals surface area contributed by atoms with Gasteiger partial charge in [0.15, 0.2) is 5.13 Å². The van der Waals surface area contributed by atoms with E-state index in [9.17, 15) is 0 Å². The lowest BCUT2D eigenvalue weighted by Gasteiger charge is -2.39. The van der Waals surface area contributed by atoms with Crippen molar-refractivity contribution in [1.82, 2.24) is 14.5 Å². The number of aromatic nitrogens is 3. The summed E-state index contributed by atoms with van der Waals surface area (Å²) in [6.07, 6.45) is 5.77. The lowest BCUT2D eigenvalue weighted by Crippen LogP contribution is -2.48. The molecule has 0 radical (unpaired) electrons. The SMILES string of the molecule is Cc1cc(C)c2nc(N3CC(Cn4ccnc4)C3)sc2c1. The molecule has 5 heteroatoms. The topological polar surface area (TPSA) is 34.0 Å². The fraction of sp³-hybridized carbons (Fsp3) is 0.375. The minimum absolute atomic E-state index is 0.703. The first kappa shape index (κ1) is 12.8. The monoisotopic (exact) mass is 298 g/mol. The highest BCUT2D eigenvalue weighted by Gasteiger charge is 2.29. The summed E-state index contributed by atoms with van der Waals surface area (Å²) in [5.41, 5.74) is 3.76. The molecule has 21 heavy (non-hydrogen) atoms. The van der Waals surface area contributed by atoms with Crippen LogP contribution in [0.5, 0.6) is 0 Å². The molecule has 0 amide bonds. The van der Waals surface area contributed by atoms with Crippen LogP contribution in [0.1, 0.15) is 11.1 Å². The van der Waals surface area contributed by atoms with Crippen LogP contribution in [0.15, 0.2) is 30.9 Å². The molecule has 3 aromatic rings. The molecule has 0 atom stereocenters. The molecule has 4 rings (SSSR count). The fourth-order valence-electron chi connectivity index (χ4n) is 3.03. The second-order valence-electron chi connectivity index (χ2n) is 5.96. The van der Waals surface area contributed by atoms with Crippen LogP contribution in [0.25, 0.3) is 10.2 Å².